The quantitative estimate of drug-likeness (QED) is 0.149. The number of hydrogen-bond donors (Lipinski definition) is 2. The number of hydrazone groups is 1. The first-order valence-corrected chi connectivity index (χ1v) is 13.5. The lowest BCUT2D eigenvalue weighted by Crippen LogP contribution is -2.20. The number of aromatic hydroxyl groups is 1. The molecule has 3 aromatic rings. The van der Waals surface area contributed by atoms with Crippen LogP contribution in [0.5, 0.6) is 23.0 Å². The summed E-state index contributed by atoms with van der Waals surface area (Å²) in [7, 11) is 1.39. The van der Waals surface area contributed by atoms with E-state index in [1.807, 2.05) is 53.7 Å². The van der Waals surface area contributed by atoms with E-state index in [0.717, 1.165) is 34.9 Å². The molecule has 0 aliphatic carbocycles. The van der Waals surface area contributed by atoms with E-state index < -0.39 is 21.2 Å². The van der Waals surface area contributed by atoms with Crippen molar-refractivity contribution in [3.05, 3.63) is 91.0 Å². The standard InChI is InChI=1S/C31H36N4O8/c1-30(2,3)22-14-19(15-23(29(22)37)31(4,5)6)9-13-28(36)33-32-18-20-8-11-26(42-7)27(16-20)43-25-12-10-21(34(38)39)17-24(25)35(40)41/h8,10-12,14-18,37H,9,13H2,1-7H3,(H,33,36)/b32-18-. The maximum Gasteiger partial charge on any atom is 0.318 e. The molecule has 0 saturated heterocycles. The predicted octanol–water partition coefficient (Wildman–Crippen LogP) is 6.69. The number of carbonyl (C=O) groups excluding carboxylic acids is 1. The van der Waals surface area contributed by atoms with Crippen LogP contribution in [-0.2, 0) is 22.0 Å². The van der Waals surface area contributed by atoms with E-state index in [1.54, 1.807) is 12.1 Å². The van der Waals surface area contributed by atoms with Crippen molar-refractivity contribution < 1.29 is 29.2 Å². The molecule has 1 amide bonds. The SMILES string of the molecule is COc1ccc(/C=N\NC(=O)CCc2cc(C(C)(C)C)c(O)c(C(C)(C)C)c2)cc1Oc1ccc([N+](=O)[O-])cc1[N+](=O)[O-]. The lowest BCUT2D eigenvalue weighted by molar-refractivity contribution is -0.394. The molecule has 3 aromatic carbocycles. The Morgan fingerprint density at radius 3 is 2.05 bits per heavy atom. The first kappa shape index (κ1) is 32.5. The van der Waals surface area contributed by atoms with Crippen LogP contribution in [0.15, 0.2) is 53.6 Å². The van der Waals surface area contributed by atoms with Gasteiger partial charge in [0.15, 0.2) is 11.5 Å². The zero-order valence-corrected chi connectivity index (χ0v) is 25.3. The van der Waals surface area contributed by atoms with Crippen LogP contribution in [0, 0.1) is 20.2 Å². The fourth-order valence-corrected chi connectivity index (χ4v) is 4.29. The summed E-state index contributed by atoms with van der Waals surface area (Å²) in [5.41, 5.74) is 3.98. The fourth-order valence-electron chi connectivity index (χ4n) is 4.29. The van der Waals surface area contributed by atoms with E-state index in [0.29, 0.717) is 12.0 Å². The largest absolute Gasteiger partial charge is 0.507 e. The Bertz CT molecular complexity index is 1530. The third-order valence-electron chi connectivity index (χ3n) is 6.59. The fraction of sp³-hybridized carbons (Fsp3) is 0.355. The summed E-state index contributed by atoms with van der Waals surface area (Å²) < 4.78 is 11.0. The summed E-state index contributed by atoms with van der Waals surface area (Å²) in [4.78, 5) is 33.6. The molecule has 0 aliphatic rings. The predicted molar refractivity (Wildman–Crippen MR) is 162 cm³/mol. The molecule has 228 valence electrons. The van der Waals surface area contributed by atoms with Gasteiger partial charge in [0.25, 0.3) is 5.69 Å². The van der Waals surface area contributed by atoms with Crippen molar-refractivity contribution in [2.24, 2.45) is 5.10 Å². The minimum atomic E-state index is -0.776. The van der Waals surface area contributed by atoms with Crippen LogP contribution in [0.2, 0.25) is 0 Å². The van der Waals surface area contributed by atoms with E-state index in [-0.39, 0.29) is 46.2 Å². The monoisotopic (exact) mass is 592 g/mol. The topological polar surface area (TPSA) is 166 Å². The molecule has 3 rings (SSSR count). The van der Waals surface area contributed by atoms with Crippen molar-refractivity contribution in [3.8, 4) is 23.0 Å². The zero-order chi connectivity index (χ0) is 32.1. The average Bonchev–Trinajstić information content (AvgIpc) is 2.91. The smallest absolute Gasteiger partial charge is 0.318 e. The molecule has 12 nitrogen and oxygen atoms in total. The molecule has 0 aromatic heterocycles. The van der Waals surface area contributed by atoms with Crippen LogP contribution >= 0.6 is 0 Å². The summed E-state index contributed by atoms with van der Waals surface area (Å²) >= 11 is 0. The second-order valence-corrected chi connectivity index (χ2v) is 12.0. The second-order valence-electron chi connectivity index (χ2n) is 12.0. The van der Waals surface area contributed by atoms with Crippen LogP contribution in [0.3, 0.4) is 0 Å². The van der Waals surface area contributed by atoms with Crippen molar-refractivity contribution in [2.75, 3.05) is 7.11 Å². The number of aryl methyl sites for hydroxylation is 1. The number of nitrogens with zero attached hydrogens (tertiary/aromatic N) is 3. The van der Waals surface area contributed by atoms with Crippen LogP contribution in [0.4, 0.5) is 11.4 Å². The van der Waals surface area contributed by atoms with Crippen LogP contribution in [0.25, 0.3) is 0 Å². The third-order valence-corrected chi connectivity index (χ3v) is 6.59. The summed E-state index contributed by atoms with van der Waals surface area (Å²) in [6.07, 6.45) is 1.99. The molecule has 0 heterocycles. The van der Waals surface area contributed by atoms with Gasteiger partial charge in [-0.1, -0.05) is 53.7 Å². The molecular weight excluding hydrogens is 556 g/mol. The second kappa shape index (κ2) is 12.9. The molecule has 0 radical (unpaired) electrons. The maximum atomic E-state index is 12.6. The maximum absolute atomic E-state index is 12.6. The highest BCUT2D eigenvalue weighted by Gasteiger charge is 2.27. The van der Waals surface area contributed by atoms with Crippen molar-refractivity contribution in [3.63, 3.8) is 0 Å². The van der Waals surface area contributed by atoms with Crippen molar-refractivity contribution in [1.82, 2.24) is 5.43 Å². The van der Waals surface area contributed by atoms with Gasteiger partial charge in [0.1, 0.15) is 5.75 Å². The number of benzene rings is 3. The van der Waals surface area contributed by atoms with Crippen molar-refractivity contribution in [1.29, 1.82) is 0 Å². The number of methoxy groups -OCH3 is 1. The first-order chi connectivity index (χ1) is 20.0. The molecule has 0 saturated carbocycles. The van der Waals surface area contributed by atoms with Gasteiger partial charge in [-0.3, -0.25) is 25.0 Å². The molecule has 0 fully saturated rings. The number of nitro benzene ring substituents is 2. The Labute approximate surface area is 249 Å². The molecule has 0 aliphatic heterocycles. The number of phenols is 1. The molecular formula is C31H36N4O8. The number of hydrogen-bond acceptors (Lipinski definition) is 9. The number of nitrogens with one attached hydrogen (secondary N) is 1. The van der Waals surface area contributed by atoms with E-state index in [1.165, 1.54) is 19.4 Å². The molecule has 0 atom stereocenters. The van der Waals surface area contributed by atoms with E-state index >= 15 is 0 Å². The summed E-state index contributed by atoms with van der Waals surface area (Å²) in [6.45, 7) is 12.2. The highest BCUT2D eigenvalue weighted by Crippen LogP contribution is 2.40. The normalized spacial score (nSPS) is 11.8. The highest BCUT2D eigenvalue weighted by atomic mass is 16.6. The van der Waals surface area contributed by atoms with E-state index in [4.69, 9.17) is 9.47 Å². The number of carbonyl (C=O) groups is 1. The minimum Gasteiger partial charge on any atom is -0.507 e. The number of non-ortho nitro benzene ring substituents is 1. The molecule has 0 spiro atoms. The van der Waals surface area contributed by atoms with Gasteiger partial charge in [-0.05, 0) is 63.8 Å². The summed E-state index contributed by atoms with van der Waals surface area (Å²) in [5.74, 6) is 0.113. The van der Waals surface area contributed by atoms with Gasteiger partial charge in [-0.2, -0.15) is 5.10 Å². The molecule has 43 heavy (non-hydrogen) atoms. The Balaban J connectivity index is 1.74. The van der Waals surface area contributed by atoms with Gasteiger partial charge in [0.2, 0.25) is 11.7 Å². The molecule has 0 unspecified atom stereocenters. The first-order valence-electron chi connectivity index (χ1n) is 13.5. The van der Waals surface area contributed by atoms with Gasteiger partial charge >= 0.3 is 5.69 Å². The lowest BCUT2D eigenvalue weighted by atomic mass is 9.78. The number of rotatable bonds is 10. The van der Waals surface area contributed by atoms with Crippen molar-refractivity contribution in [2.45, 2.75) is 65.2 Å². The Hall–Kier alpha value is -5.00. The third kappa shape index (κ3) is 8.28. The van der Waals surface area contributed by atoms with Gasteiger partial charge < -0.3 is 14.6 Å². The molecule has 0 bridgehead atoms. The Morgan fingerprint density at radius 1 is 0.907 bits per heavy atom. The van der Waals surface area contributed by atoms with Gasteiger partial charge in [0.05, 0.1) is 29.2 Å². The lowest BCUT2D eigenvalue weighted by Gasteiger charge is -2.28. The highest BCUT2D eigenvalue weighted by molar-refractivity contribution is 5.83. The Morgan fingerprint density at radius 2 is 1.51 bits per heavy atom. The van der Waals surface area contributed by atoms with Crippen LogP contribution in [-0.4, -0.2) is 34.2 Å². The van der Waals surface area contributed by atoms with Crippen molar-refractivity contribution >= 4 is 23.5 Å². The number of nitro groups is 2. The average molecular weight is 593 g/mol. The minimum absolute atomic E-state index is 0.103. The molecule has 12 heteroatoms. The number of amides is 1. The van der Waals surface area contributed by atoms with Crippen LogP contribution < -0.4 is 14.9 Å². The molecule has 2 N–H and O–H groups in total. The van der Waals surface area contributed by atoms with Gasteiger partial charge in [0, 0.05) is 12.5 Å². The zero-order valence-electron chi connectivity index (χ0n) is 25.3. The van der Waals surface area contributed by atoms with Gasteiger partial charge in [-0.25, -0.2) is 5.43 Å². The van der Waals surface area contributed by atoms with E-state index in [2.05, 4.69) is 10.5 Å². The number of phenolic OH excluding ortho intramolecular Hbond substituents is 1. The van der Waals surface area contributed by atoms with Crippen LogP contribution in [0.1, 0.15) is 70.2 Å². The summed E-state index contributed by atoms with van der Waals surface area (Å²) in [5, 5.41) is 37.5. The Kier molecular flexibility index (Phi) is 9.74. The van der Waals surface area contributed by atoms with E-state index in [9.17, 15) is 30.1 Å². The summed E-state index contributed by atoms with van der Waals surface area (Å²) in [6, 6.07) is 11.6. The number of ether oxygens (including phenoxy) is 2. The van der Waals surface area contributed by atoms with Gasteiger partial charge in [-0.15, -0.1) is 0 Å².